The molecule has 0 heterocycles. The number of carbonyl (C=O) groups is 2. The van der Waals surface area contributed by atoms with Gasteiger partial charge >= 0.3 is 5.97 Å². The summed E-state index contributed by atoms with van der Waals surface area (Å²) in [5.41, 5.74) is 0. The highest BCUT2D eigenvalue weighted by Gasteiger charge is 2.09. The van der Waals surface area contributed by atoms with Crippen molar-refractivity contribution in [2.75, 3.05) is 25.6 Å². The summed E-state index contributed by atoms with van der Waals surface area (Å²) < 4.78 is 0. The first-order valence-corrected chi connectivity index (χ1v) is 5.42. The summed E-state index contributed by atoms with van der Waals surface area (Å²) in [7, 11) is 1.69. The van der Waals surface area contributed by atoms with Gasteiger partial charge in [0.15, 0.2) is 0 Å². The van der Waals surface area contributed by atoms with Gasteiger partial charge in [0.1, 0.15) is 0 Å². The third kappa shape index (κ3) is 6.45. The number of hydrogen-bond donors (Lipinski definition) is 1. The molecule has 0 bridgehead atoms. The molecular formula is C8H15NO3S. The minimum absolute atomic E-state index is 0.0809. The van der Waals surface area contributed by atoms with E-state index in [2.05, 4.69) is 0 Å². The highest BCUT2D eigenvalue weighted by atomic mass is 32.2. The van der Waals surface area contributed by atoms with Crippen LogP contribution in [-0.2, 0) is 9.59 Å². The summed E-state index contributed by atoms with van der Waals surface area (Å²) in [5, 5.41) is 8.35. The van der Waals surface area contributed by atoms with Crippen molar-refractivity contribution in [1.82, 2.24) is 4.90 Å². The Hall–Kier alpha value is -0.710. The van der Waals surface area contributed by atoms with E-state index in [0.717, 1.165) is 5.75 Å². The molecular weight excluding hydrogens is 190 g/mol. The SMILES string of the molecule is CSCCN(C)C(=O)CCC(=O)O. The molecule has 76 valence electrons. The molecule has 0 aromatic carbocycles. The Bertz CT molecular complexity index is 184. The summed E-state index contributed by atoms with van der Waals surface area (Å²) in [4.78, 5) is 22.9. The van der Waals surface area contributed by atoms with E-state index in [1.165, 1.54) is 0 Å². The number of carboxylic acids is 1. The molecule has 5 heteroatoms. The second-order valence-corrected chi connectivity index (χ2v) is 3.69. The van der Waals surface area contributed by atoms with E-state index in [1.807, 2.05) is 6.26 Å². The van der Waals surface area contributed by atoms with Crippen molar-refractivity contribution in [3.05, 3.63) is 0 Å². The van der Waals surface area contributed by atoms with Crippen molar-refractivity contribution < 1.29 is 14.7 Å². The lowest BCUT2D eigenvalue weighted by Crippen LogP contribution is -2.29. The van der Waals surface area contributed by atoms with E-state index >= 15 is 0 Å². The van der Waals surface area contributed by atoms with E-state index in [-0.39, 0.29) is 18.7 Å². The number of aliphatic carboxylic acids is 1. The highest BCUT2D eigenvalue weighted by Crippen LogP contribution is 1.98. The Labute approximate surface area is 82.3 Å². The lowest BCUT2D eigenvalue weighted by atomic mass is 10.3. The summed E-state index contributed by atoms with van der Waals surface area (Å²) >= 11 is 1.66. The molecule has 0 fully saturated rings. The topological polar surface area (TPSA) is 57.6 Å². The molecule has 13 heavy (non-hydrogen) atoms. The van der Waals surface area contributed by atoms with Crippen LogP contribution >= 0.6 is 11.8 Å². The second kappa shape index (κ2) is 6.77. The average molecular weight is 205 g/mol. The summed E-state index contributed by atoms with van der Waals surface area (Å²) in [6.45, 7) is 0.680. The van der Waals surface area contributed by atoms with Crippen LogP contribution in [0.5, 0.6) is 0 Å². The normalized spacial score (nSPS) is 9.69. The zero-order chi connectivity index (χ0) is 10.3. The summed E-state index contributed by atoms with van der Waals surface area (Å²) in [5.74, 6) is -0.141. The summed E-state index contributed by atoms with van der Waals surface area (Å²) in [6, 6.07) is 0. The van der Waals surface area contributed by atoms with E-state index < -0.39 is 5.97 Å². The van der Waals surface area contributed by atoms with Gasteiger partial charge in [0, 0.05) is 25.8 Å². The molecule has 0 aliphatic carbocycles. The molecule has 1 amide bonds. The van der Waals surface area contributed by atoms with Crippen LogP contribution in [-0.4, -0.2) is 47.5 Å². The van der Waals surface area contributed by atoms with Gasteiger partial charge in [0.2, 0.25) is 5.91 Å². The van der Waals surface area contributed by atoms with Gasteiger partial charge in [-0.05, 0) is 6.26 Å². The maximum atomic E-state index is 11.2. The van der Waals surface area contributed by atoms with Crippen LogP contribution in [0.1, 0.15) is 12.8 Å². The van der Waals surface area contributed by atoms with Gasteiger partial charge in [-0.15, -0.1) is 0 Å². The molecule has 0 aromatic heterocycles. The fourth-order valence-electron chi connectivity index (χ4n) is 0.758. The fraction of sp³-hybridized carbons (Fsp3) is 0.750. The molecule has 0 aliphatic heterocycles. The van der Waals surface area contributed by atoms with Crippen molar-refractivity contribution in [3.8, 4) is 0 Å². The smallest absolute Gasteiger partial charge is 0.303 e. The predicted octanol–water partition coefficient (Wildman–Crippen LogP) is 0.673. The van der Waals surface area contributed by atoms with Gasteiger partial charge in [0.05, 0.1) is 6.42 Å². The lowest BCUT2D eigenvalue weighted by Gasteiger charge is -2.15. The molecule has 1 N–H and O–H groups in total. The minimum atomic E-state index is -0.924. The van der Waals surface area contributed by atoms with Gasteiger partial charge in [0.25, 0.3) is 0 Å². The van der Waals surface area contributed by atoms with Crippen molar-refractivity contribution in [1.29, 1.82) is 0 Å². The molecule has 4 nitrogen and oxygen atoms in total. The predicted molar refractivity (Wildman–Crippen MR) is 52.9 cm³/mol. The number of amides is 1. The molecule has 0 radical (unpaired) electrons. The number of carboxylic acid groups (broad SMARTS) is 1. The first-order valence-electron chi connectivity index (χ1n) is 4.02. The van der Waals surface area contributed by atoms with Crippen molar-refractivity contribution >= 4 is 23.6 Å². The van der Waals surface area contributed by atoms with E-state index in [9.17, 15) is 9.59 Å². The summed E-state index contributed by atoms with van der Waals surface area (Å²) in [6.07, 6.45) is 1.98. The molecule has 0 aromatic rings. The molecule has 0 atom stereocenters. The van der Waals surface area contributed by atoms with Crippen LogP contribution in [0.3, 0.4) is 0 Å². The Kier molecular flexibility index (Phi) is 6.40. The lowest BCUT2D eigenvalue weighted by molar-refractivity contribution is -0.140. The van der Waals surface area contributed by atoms with Crippen LogP contribution in [0.15, 0.2) is 0 Å². The van der Waals surface area contributed by atoms with Crippen LogP contribution in [0.4, 0.5) is 0 Å². The largest absolute Gasteiger partial charge is 0.481 e. The first kappa shape index (κ1) is 12.3. The van der Waals surface area contributed by atoms with E-state index in [1.54, 1.807) is 23.7 Å². The van der Waals surface area contributed by atoms with Crippen molar-refractivity contribution in [2.45, 2.75) is 12.8 Å². The van der Waals surface area contributed by atoms with Gasteiger partial charge in [-0.2, -0.15) is 11.8 Å². The van der Waals surface area contributed by atoms with Crippen LogP contribution in [0.25, 0.3) is 0 Å². The van der Waals surface area contributed by atoms with Gasteiger partial charge in [-0.25, -0.2) is 0 Å². The van der Waals surface area contributed by atoms with Crippen LogP contribution in [0, 0.1) is 0 Å². The van der Waals surface area contributed by atoms with Crippen molar-refractivity contribution in [2.24, 2.45) is 0 Å². The van der Waals surface area contributed by atoms with E-state index in [0.29, 0.717) is 6.54 Å². The number of nitrogens with zero attached hydrogens (tertiary/aromatic N) is 1. The maximum Gasteiger partial charge on any atom is 0.303 e. The third-order valence-electron chi connectivity index (χ3n) is 1.61. The average Bonchev–Trinajstić information content (AvgIpc) is 2.10. The Morgan fingerprint density at radius 1 is 1.38 bits per heavy atom. The van der Waals surface area contributed by atoms with Gasteiger partial charge in [-0.1, -0.05) is 0 Å². The Balaban J connectivity index is 3.63. The number of rotatable bonds is 6. The molecule has 0 rings (SSSR count). The molecule has 0 saturated carbocycles. The van der Waals surface area contributed by atoms with Crippen LogP contribution < -0.4 is 0 Å². The standard InChI is InChI=1S/C8H15NO3S/c1-9(5-6-13-2)7(10)3-4-8(11)12/h3-6H2,1-2H3,(H,11,12). The zero-order valence-electron chi connectivity index (χ0n) is 7.95. The first-order chi connectivity index (χ1) is 6.07. The van der Waals surface area contributed by atoms with Crippen molar-refractivity contribution in [3.63, 3.8) is 0 Å². The Morgan fingerprint density at radius 3 is 2.46 bits per heavy atom. The second-order valence-electron chi connectivity index (χ2n) is 2.70. The molecule has 0 saturated heterocycles. The fourth-order valence-corrected chi connectivity index (χ4v) is 1.21. The molecule has 0 spiro atoms. The van der Waals surface area contributed by atoms with Crippen LogP contribution in [0.2, 0.25) is 0 Å². The minimum Gasteiger partial charge on any atom is -0.481 e. The zero-order valence-corrected chi connectivity index (χ0v) is 8.76. The maximum absolute atomic E-state index is 11.2. The monoisotopic (exact) mass is 205 g/mol. The molecule has 0 aliphatic rings. The Morgan fingerprint density at radius 2 is 2.00 bits per heavy atom. The van der Waals surface area contributed by atoms with Gasteiger partial charge in [-0.3, -0.25) is 9.59 Å². The van der Waals surface area contributed by atoms with Gasteiger partial charge < -0.3 is 10.0 Å². The third-order valence-corrected chi connectivity index (χ3v) is 2.20. The highest BCUT2D eigenvalue weighted by molar-refractivity contribution is 7.98. The molecule has 0 unspecified atom stereocenters. The number of carbonyl (C=O) groups excluding carboxylic acids is 1. The van der Waals surface area contributed by atoms with E-state index in [4.69, 9.17) is 5.11 Å². The number of thioether (sulfide) groups is 1. The number of hydrogen-bond acceptors (Lipinski definition) is 3. The quantitative estimate of drug-likeness (QED) is 0.692.